The quantitative estimate of drug-likeness (QED) is 0.869. The fourth-order valence-electron chi connectivity index (χ4n) is 2.63. The molecule has 2 aromatic rings. The molecule has 1 aliphatic heterocycles. The number of H-pyrrole nitrogens is 1. The molecule has 5 nitrogen and oxygen atoms in total. The minimum Gasteiger partial charge on any atom is -0.394 e. The summed E-state index contributed by atoms with van der Waals surface area (Å²) in [5.74, 6) is -0.0210. The number of hydrogen-bond acceptors (Lipinski definition) is 3. The molecule has 2 heterocycles. The van der Waals surface area contributed by atoms with Crippen molar-refractivity contribution in [3.63, 3.8) is 0 Å². The maximum atomic E-state index is 12.8. The Morgan fingerprint density at radius 2 is 2.35 bits per heavy atom. The highest BCUT2D eigenvalue weighted by molar-refractivity contribution is 6.05. The third kappa shape index (κ3) is 2.19. The molecule has 1 aromatic heterocycles. The van der Waals surface area contributed by atoms with E-state index in [4.69, 9.17) is 4.74 Å². The van der Waals surface area contributed by atoms with Crippen LogP contribution in [0.15, 0.2) is 30.5 Å². The van der Waals surface area contributed by atoms with Gasteiger partial charge >= 0.3 is 0 Å². The average molecular weight is 274 g/mol. The van der Waals surface area contributed by atoms with Crippen molar-refractivity contribution in [2.24, 2.45) is 0 Å². The standard InChI is InChI=1S/C15H18N2O3/c1-10-9-20-12(8-18)7-17(10)15(19)13-4-2-3-11-5-6-16-14(11)13/h2-6,10,12,16,18H,7-9H2,1H3. The summed E-state index contributed by atoms with van der Waals surface area (Å²) < 4.78 is 5.48. The lowest BCUT2D eigenvalue weighted by Crippen LogP contribution is -2.52. The van der Waals surface area contributed by atoms with E-state index in [-0.39, 0.29) is 24.7 Å². The summed E-state index contributed by atoms with van der Waals surface area (Å²) >= 11 is 0. The van der Waals surface area contributed by atoms with Gasteiger partial charge in [0.05, 0.1) is 36.4 Å². The zero-order valence-electron chi connectivity index (χ0n) is 11.4. The molecule has 0 bridgehead atoms. The summed E-state index contributed by atoms with van der Waals surface area (Å²) in [6, 6.07) is 7.65. The smallest absolute Gasteiger partial charge is 0.256 e. The first-order valence-corrected chi connectivity index (χ1v) is 6.80. The normalized spacial score (nSPS) is 23.2. The number of ether oxygens (including phenoxy) is 1. The second-order valence-electron chi connectivity index (χ2n) is 5.19. The largest absolute Gasteiger partial charge is 0.394 e. The highest BCUT2D eigenvalue weighted by atomic mass is 16.5. The number of benzene rings is 1. The number of para-hydroxylation sites is 1. The van der Waals surface area contributed by atoms with E-state index in [0.29, 0.717) is 18.7 Å². The molecule has 1 aromatic carbocycles. The van der Waals surface area contributed by atoms with Gasteiger partial charge in [0.1, 0.15) is 0 Å². The minimum absolute atomic E-state index is 0.00974. The monoisotopic (exact) mass is 274 g/mol. The maximum Gasteiger partial charge on any atom is 0.256 e. The van der Waals surface area contributed by atoms with Gasteiger partial charge in [0.2, 0.25) is 0 Å². The molecule has 106 valence electrons. The zero-order chi connectivity index (χ0) is 14.1. The van der Waals surface area contributed by atoms with Crippen LogP contribution in [0.1, 0.15) is 17.3 Å². The highest BCUT2D eigenvalue weighted by Crippen LogP contribution is 2.21. The third-order valence-corrected chi connectivity index (χ3v) is 3.79. The molecule has 0 aliphatic carbocycles. The SMILES string of the molecule is CC1COC(CO)CN1C(=O)c1cccc2cc[nH]c12. The number of carbonyl (C=O) groups excluding carboxylic acids is 1. The van der Waals surface area contributed by atoms with Gasteiger partial charge in [-0.2, -0.15) is 0 Å². The van der Waals surface area contributed by atoms with E-state index in [1.165, 1.54) is 0 Å². The van der Waals surface area contributed by atoms with E-state index in [1.54, 1.807) is 4.90 Å². The second kappa shape index (κ2) is 5.26. The molecule has 1 aliphatic rings. The van der Waals surface area contributed by atoms with Crippen molar-refractivity contribution >= 4 is 16.8 Å². The van der Waals surface area contributed by atoms with E-state index >= 15 is 0 Å². The Morgan fingerprint density at radius 3 is 3.15 bits per heavy atom. The summed E-state index contributed by atoms with van der Waals surface area (Å²) in [6.07, 6.45) is 1.54. The van der Waals surface area contributed by atoms with Gasteiger partial charge in [0, 0.05) is 18.1 Å². The van der Waals surface area contributed by atoms with E-state index in [2.05, 4.69) is 4.98 Å². The van der Waals surface area contributed by atoms with Crippen molar-refractivity contribution in [2.75, 3.05) is 19.8 Å². The molecule has 1 fully saturated rings. The predicted molar refractivity (Wildman–Crippen MR) is 75.6 cm³/mol. The van der Waals surface area contributed by atoms with Gasteiger partial charge < -0.3 is 19.7 Å². The Hall–Kier alpha value is -1.85. The number of nitrogens with zero attached hydrogens (tertiary/aromatic N) is 1. The Labute approximate surface area is 117 Å². The number of aliphatic hydroxyl groups excluding tert-OH is 1. The van der Waals surface area contributed by atoms with Crippen molar-refractivity contribution in [1.82, 2.24) is 9.88 Å². The molecule has 1 saturated heterocycles. The van der Waals surface area contributed by atoms with Crippen LogP contribution < -0.4 is 0 Å². The van der Waals surface area contributed by atoms with Crippen LogP contribution in [0, 0.1) is 0 Å². The van der Waals surface area contributed by atoms with Crippen LogP contribution in [0.2, 0.25) is 0 Å². The Morgan fingerprint density at radius 1 is 1.50 bits per heavy atom. The molecule has 20 heavy (non-hydrogen) atoms. The molecule has 1 amide bonds. The number of hydrogen-bond donors (Lipinski definition) is 2. The molecule has 2 unspecified atom stereocenters. The number of rotatable bonds is 2. The summed E-state index contributed by atoms with van der Waals surface area (Å²) in [6.45, 7) is 2.77. The number of aliphatic hydroxyl groups is 1. The van der Waals surface area contributed by atoms with Crippen LogP contribution in [-0.4, -0.2) is 52.8 Å². The number of fused-ring (bicyclic) bond motifs is 1. The van der Waals surface area contributed by atoms with Crippen LogP contribution in [0.5, 0.6) is 0 Å². The van der Waals surface area contributed by atoms with Crippen molar-refractivity contribution in [3.8, 4) is 0 Å². The number of morpholine rings is 1. The van der Waals surface area contributed by atoms with E-state index in [0.717, 1.165) is 10.9 Å². The second-order valence-corrected chi connectivity index (χ2v) is 5.19. The van der Waals surface area contributed by atoms with E-state index in [1.807, 2.05) is 37.4 Å². The predicted octanol–water partition coefficient (Wildman–Crippen LogP) is 1.39. The summed E-state index contributed by atoms with van der Waals surface area (Å²) in [7, 11) is 0. The fourth-order valence-corrected chi connectivity index (χ4v) is 2.63. The summed E-state index contributed by atoms with van der Waals surface area (Å²) in [5.41, 5.74) is 1.52. The molecule has 2 N–H and O–H groups in total. The van der Waals surface area contributed by atoms with Gasteiger partial charge in [-0.25, -0.2) is 0 Å². The van der Waals surface area contributed by atoms with Gasteiger partial charge in [-0.1, -0.05) is 12.1 Å². The number of carbonyl (C=O) groups is 1. The molecular formula is C15H18N2O3. The van der Waals surface area contributed by atoms with Crippen LogP contribution in [0.25, 0.3) is 10.9 Å². The lowest BCUT2D eigenvalue weighted by molar-refractivity contribution is -0.0667. The summed E-state index contributed by atoms with van der Waals surface area (Å²) in [5, 5.41) is 10.2. The number of amides is 1. The molecule has 0 saturated carbocycles. The van der Waals surface area contributed by atoms with E-state index in [9.17, 15) is 9.90 Å². The molecule has 0 radical (unpaired) electrons. The number of nitrogens with one attached hydrogen (secondary N) is 1. The lowest BCUT2D eigenvalue weighted by atomic mass is 10.1. The van der Waals surface area contributed by atoms with Gasteiger partial charge in [0.25, 0.3) is 5.91 Å². The van der Waals surface area contributed by atoms with Crippen molar-refractivity contribution in [1.29, 1.82) is 0 Å². The topological polar surface area (TPSA) is 65.6 Å². The molecular weight excluding hydrogens is 256 g/mol. The third-order valence-electron chi connectivity index (χ3n) is 3.79. The van der Waals surface area contributed by atoms with Crippen LogP contribution in [-0.2, 0) is 4.74 Å². The molecule has 5 heteroatoms. The average Bonchev–Trinajstić information content (AvgIpc) is 2.95. The highest BCUT2D eigenvalue weighted by Gasteiger charge is 2.30. The van der Waals surface area contributed by atoms with Gasteiger partial charge in [-0.15, -0.1) is 0 Å². The van der Waals surface area contributed by atoms with Gasteiger partial charge in [0.15, 0.2) is 0 Å². The van der Waals surface area contributed by atoms with Crippen molar-refractivity contribution in [2.45, 2.75) is 19.1 Å². The first-order valence-electron chi connectivity index (χ1n) is 6.80. The number of aromatic amines is 1. The maximum absolute atomic E-state index is 12.8. The van der Waals surface area contributed by atoms with Gasteiger partial charge in [-0.05, 0) is 19.1 Å². The lowest BCUT2D eigenvalue weighted by Gasteiger charge is -2.37. The summed E-state index contributed by atoms with van der Waals surface area (Å²) in [4.78, 5) is 17.7. The van der Waals surface area contributed by atoms with Crippen LogP contribution in [0.4, 0.5) is 0 Å². The molecule has 0 spiro atoms. The first-order chi connectivity index (χ1) is 9.70. The first kappa shape index (κ1) is 13.1. The van der Waals surface area contributed by atoms with Crippen molar-refractivity contribution < 1.29 is 14.6 Å². The Balaban J connectivity index is 1.93. The number of aromatic nitrogens is 1. The molecule has 2 atom stereocenters. The van der Waals surface area contributed by atoms with Crippen molar-refractivity contribution in [3.05, 3.63) is 36.0 Å². The Bertz CT molecular complexity index is 622. The fraction of sp³-hybridized carbons (Fsp3) is 0.400. The van der Waals surface area contributed by atoms with Crippen LogP contribution in [0.3, 0.4) is 0 Å². The Kier molecular flexibility index (Phi) is 3.46. The van der Waals surface area contributed by atoms with E-state index < -0.39 is 0 Å². The zero-order valence-corrected chi connectivity index (χ0v) is 11.4. The van der Waals surface area contributed by atoms with Gasteiger partial charge in [-0.3, -0.25) is 4.79 Å². The van der Waals surface area contributed by atoms with Crippen LogP contribution >= 0.6 is 0 Å². The minimum atomic E-state index is -0.294. The molecule has 3 rings (SSSR count).